The number of carbonyl (C=O) groups excluding carboxylic acids is 1. The minimum Gasteiger partial charge on any atom is -0.490 e. The Hall–Kier alpha value is -2.44. The molecular weight excluding hydrogens is 336 g/mol. The predicted molar refractivity (Wildman–Crippen MR) is 103 cm³/mol. The number of carbonyl (C=O) groups is 1. The lowest BCUT2D eigenvalue weighted by atomic mass is 10.2. The number of anilines is 1. The van der Waals surface area contributed by atoms with Crippen molar-refractivity contribution in [1.82, 2.24) is 5.32 Å². The molecule has 0 aromatic heterocycles. The quantitative estimate of drug-likeness (QED) is 0.586. The van der Waals surface area contributed by atoms with Gasteiger partial charge in [0.2, 0.25) is 0 Å². The summed E-state index contributed by atoms with van der Waals surface area (Å²) in [6.07, 6.45) is 0. The summed E-state index contributed by atoms with van der Waals surface area (Å²) in [6.45, 7) is 5.41. The maximum absolute atomic E-state index is 12.5. The van der Waals surface area contributed by atoms with Gasteiger partial charge in [-0.2, -0.15) is 0 Å². The molecule has 0 heterocycles. The van der Waals surface area contributed by atoms with Gasteiger partial charge in [-0.25, -0.2) is 0 Å². The summed E-state index contributed by atoms with van der Waals surface area (Å²) >= 11 is 5.21. The van der Waals surface area contributed by atoms with Gasteiger partial charge in [-0.1, -0.05) is 29.8 Å². The molecule has 6 heteroatoms. The summed E-state index contributed by atoms with van der Waals surface area (Å²) < 4.78 is 10.9. The number of para-hydroxylation sites is 1. The van der Waals surface area contributed by atoms with Crippen molar-refractivity contribution < 1.29 is 14.3 Å². The normalized spacial score (nSPS) is 10.2. The van der Waals surface area contributed by atoms with Crippen LogP contribution in [0.5, 0.6) is 5.75 Å². The molecule has 2 N–H and O–H groups in total. The van der Waals surface area contributed by atoms with Crippen molar-refractivity contribution in [2.24, 2.45) is 0 Å². The van der Waals surface area contributed by atoms with Crippen LogP contribution in [0.15, 0.2) is 48.5 Å². The van der Waals surface area contributed by atoms with E-state index in [-0.39, 0.29) is 11.0 Å². The van der Waals surface area contributed by atoms with E-state index in [2.05, 4.69) is 10.6 Å². The number of rotatable bonds is 7. The zero-order chi connectivity index (χ0) is 18.1. The Morgan fingerprint density at radius 3 is 2.52 bits per heavy atom. The number of amides is 1. The Kier molecular flexibility index (Phi) is 7.37. The molecule has 5 nitrogen and oxygen atoms in total. The highest BCUT2D eigenvalue weighted by atomic mass is 32.1. The molecule has 0 atom stereocenters. The number of ether oxygens (including phenoxy) is 2. The second kappa shape index (κ2) is 9.76. The summed E-state index contributed by atoms with van der Waals surface area (Å²) in [5.41, 5.74) is 2.39. The van der Waals surface area contributed by atoms with Gasteiger partial charge in [0.1, 0.15) is 12.4 Å². The van der Waals surface area contributed by atoms with Gasteiger partial charge < -0.3 is 14.8 Å². The summed E-state index contributed by atoms with van der Waals surface area (Å²) in [4.78, 5) is 12.5. The standard InChI is InChI=1S/C19H22N2O3S/c1-3-23-12-13-24-17-7-5-4-6-16(17)18(22)21-19(25)20-15-10-8-14(2)9-11-15/h4-11H,3,12-13H2,1-2H3,(H2,20,21,22,25). The number of nitrogens with one attached hydrogen (secondary N) is 2. The molecule has 2 aromatic rings. The first kappa shape index (κ1) is 18.9. The fourth-order valence-electron chi connectivity index (χ4n) is 2.10. The van der Waals surface area contributed by atoms with Crippen molar-refractivity contribution in [3.8, 4) is 5.75 Å². The van der Waals surface area contributed by atoms with E-state index in [0.29, 0.717) is 31.1 Å². The van der Waals surface area contributed by atoms with Crippen LogP contribution in [-0.4, -0.2) is 30.8 Å². The van der Waals surface area contributed by atoms with Gasteiger partial charge >= 0.3 is 0 Å². The molecule has 0 aliphatic heterocycles. The minimum absolute atomic E-state index is 0.234. The van der Waals surface area contributed by atoms with E-state index in [9.17, 15) is 4.79 Å². The molecule has 0 spiro atoms. The third kappa shape index (κ3) is 6.17. The van der Waals surface area contributed by atoms with Crippen LogP contribution in [0.2, 0.25) is 0 Å². The molecule has 0 fully saturated rings. The van der Waals surface area contributed by atoms with Crippen LogP contribution in [0.3, 0.4) is 0 Å². The minimum atomic E-state index is -0.323. The lowest BCUT2D eigenvalue weighted by molar-refractivity contribution is 0.0958. The summed E-state index contributed by atoms with van der Waals surface area (Å²) in [5, 5.41) is 5.89. The van der Waals surface area contributed by atoms with Crippen LogP contribution in [0.1, 0.15) is 22.8 Å². The van der Waals surface area contributed by atoms with Crippen molar-refractivity contribution in [3.05, 3.63) is 59.7 Å². The molecule has 0 saturated heterocycles. The molecule has 1 amide bonds. The highest BCUT2D eigenvalue weighted by molar-refractivity contribution is 7.80. The average Bonchev–Trinajstić information content (AvgIpc) is 2.61. The number of thiocarbonyl (C=S) groups is 1. The van der Waals surface area contributed by atoms with Gasteiger partial charge in [0.05, 0.1) is 12.2 Å². The Morgan fingerprint density at radius 1 is 1.08 bits per heavy atom. The van der Waals surface area contributed by atoms with Crippen LogP contribution in [0, 0.1) is 6.92 Å². The van der Waals surface area contributed by atoms with Crippen molar-refractivity contribution in [2.45, 2.75) is 13.8 Å². The SMILES string of the molecule is CCOCCOc1ccccc1C(=O)NC(=S)Nc1ccc(C)cc1. The Morgan fingerprint density at radius 2 is 1.80 bits per heavy atom. The van der Waals surface area contributed by atoms with Crippen molar-refractivity contribution in [1.29, 1.82) is 0 Å². The maximum Gasteiger partial charge on any atom is 0.261 e. The fourth-order valence-corrected chi connectivity index (χ4v) is 2.32. The molecule has 25 heavy (non-hydrogen) atoms. The molecule has 2 aromatic carbocycles. The molecule has 0 unspecified atom stereocenters. The Labute approximate surface area is 153 Å². The first-order chi connectivity index (χ1) is 12.1. The second-order valence-corrected chi connectivity index (χ2v) is 5.72. The lowest BCUT2D eigenvalue weighted by Crippen LogP contribution is -2.34. The largest absolute Gasteiger partial charge is 0.490 e. The van der Waals surface area contributed by atoms with Crippen LogP contribution < -0.4 is 15.4 Å². The van der Waals surface area contributed by atoms with E-state index in [1.165, 1.54) is 0 Å². The summed E-state index contributed by atoms with van der Waals surface area (Å²) in [6, 6.07) is 14.8. The van der Waals surface area contributed by atoms with E-state index >= 15 is 0 Å². The fraction of sp³-hybridized carbons (Fsp3) is 0.263. The number of aryl methyl sites for hydroxylation is 1. The van der Waals surface area contributed by atoms with Crippen molar-refractivity contribution in [3.63, 3.8) is 0 Å². The maximum atomic E-state index is 12.5. The van der Waals surface area contributed by atoms with Gasteiger partial charge in [0.15, 0.2) is 5.11 Å². The van der Waals surface area contributed by atoms with Crippen LogP contribution >= 0.6 is 12.2 Å². The highest BCUT2D eigenvalue weighted by Gasteiger charge is 2.13. The molecular formula is C19H22N2O3S. The number of benzene rings is 2. The van der Waals surface area contributed by atoms with Gasteiger partial charge in [-0.3, -0.25) is 10.1 Å². The number of hydrogen-bond donors (Lipinski definition) is 2. The van der Waals surface area contributed by atoms with E-state index in [1.807, 2.05) is 44.2 Å². The average molecular weight is 358 g/mol. The Balaban J connectivity index is 1.95. The first-order valence-corrected chi connectivity index (χ1v) is 8.49. The van der Waals surface area contributed by atoms with Gasteiger partial charge in [-0.15, -0.1) is 0 Å². The first-order valence-electron chi connectivity index (χ1n) is 8.08. The smallest absolute Gasteiger partial charge is 0.261 e. The molecule has 132 valence electrons. The molecule has 0 bridgehead atoms. The predicted octanol–water partition coefficient (Wildman–Crippen LogP) is 3.54. The third-order valence-electron chi connectivity index (χ3n) is 3.36. The van der Waals surface area contributed by atoms with E-state index in [1.54, 1.807) is 18.2 Å². The highest BCUT2D eigenvalue weighted by Crippen LogP contribution is 2.18. The van der Waals surface area contributed by atoms with Crippen LogP contribution in [0.4, 0.5) is 5.69 Å². The van der Waals surface area contributed by atoms with Crippen LogP contribution in [-0.2, 0) is 4.74 Å². The zero-order valence-electron chi connectivity index (χ0n) is 14.4. The third-order valence-corrected chi connectivity index (χ3v) is 3.56. The number of hydrogen-bond acceptors (Lipinski definition) is 4. The van der Waals surface area contributed by atoms with Crippen LogP contribution in [0.25, 0.3) is 0 Å². The Bertz CT molecular complexity index is 717. The molecule has 2 rings (SSSR count). The zero-order valence-corrected chi connectivity index (χ0v) is 15.2. The summed E-state index contributed by atoms with van der Waals surface area (Å²) in [5.74, 6) is 0.175. The second-order valence-electron chi connectivity index (χ2n) is 5.32. The van der Waals surface area contributed by atoms with Gasteiger partial charge in [0, 0.05) is 12.3 Å². The van der Waals surface area contributed by atoms with E-state index in [0.717, 1.165) is 11.3 Å². The van der Waals surface area contributed by atoms with E-state index < -0.39 is 0 Å². The lowest BCUT2D eigenvalue weighted by Gasteiger charge is -2.13. The van der Waals surface area contributed by atoms with Crippen molar-refractivity contribution in [2.75, 3.05) is 25.1 Å². The monoisotopic (exact) mass is 358 g/mol. The molecule has 0 aliphatic rings. The van der Waals surface area contributed by atoms with Gasteiger partial charge in [0.25, 0.3) is 5.91 Å². The van der Waals surface area contributed by atoms with Gasteiger partial charge in [-0.05, 0) is 50.3 Å². The van der Waals surface area contributed by atoms with Crippen molar-refractivity contribution >= 4 is 28.9 Å². The molecule has 0 aliphatic carbocycles. The topological polar surface area (TPSA) is 59.6 Å². The summed E-state index contributed by atoms with van der Waals surface area (Å²) in [7, 11) is 0. The molecule has 0 radical (unpaired) electrons. The molecule has 0 saturated carbocycles. The van der Waals surface area contributed by atoms with E-state index in [4.69, 9.17) is 21.7 Å².